The smallest absolute Gasteiger partial charge is 0.266 e. The van der Waals surface area contributed by atoms with Crippen molar-refractivity contribution in [1.29, 1.82) is 0 Å². The second-order valence-corrected chi connectivity index (χ2v) is 8.58. The van der Waals surface area contributed by atoms with Crippen molar-refractivity contribution in [2.45, 2.75) is 31.5 Å². The van der Waals surface area contributed by atoms with Crippen LogP contribution in [-0.2, 0) is 9.53 Å². The van der Waals surface area contributed by atoms with Crippen LogP contribution >= 0.6 is 23.4 Å². The molecule has 2 aromatic carbocycles. The second-order valence-electron chi connectivity index (χ2n) is 7.20. The van der Waals surface area contributed by atoms with Gasteiger partial charge in [0.05, 0.1) is 28.4 Å². The standard InChI is InChI=1S/C22H22ClF2N3O3S/c1-13(2)31-9-3-8-26-20(29)12-32-22-27-18-6-4-14(23)10-16(18)21(30)28(22)19-7-5-15(24)11-17(19)25/h4-7,10-11,13H,3,8-9,12H2,1-2H3,(H,26,29). The van der Waals surface area contributed by atoms with E-state index in [-0.39, 0.29) is 34.0 Å². The Morgan fingerprint density at radius 2 is 2.03 bits per heavy atom. The van der Waals surface area contributed by atoms with Crippen molar-refractivity contribution in [2.24, 2.45) is 0 Å². The van der Waals surface area contributed by atoms with Gasteiger partial charge in [0.2, 0.25) is 5.91 Å². The molecule has 0 unspecified atom stereocenters. The summed E-state index contributed by atoms with van der Waals surface area (Å²) in [6.45, 7) is 4.84. The van der Waals surface area contributed by atoms with Gasteiger partial charge in [0.1, 0.15) is 11.6 Å². The third kappa shape index (κ3) is 6.05. The van der Waals surface area contributed by atoms with E-state index in [2.05, 4.69) is 10.3 Å². The number of hydrogen-bond donors (Lipinski definition) is 1. The first-order valence-electron chi connectivity index (χ1n) is 9.95. The van der Waals surface area contributed by atoms with Gasteiger partial charge in [-0.3, -0.25) is 14.2 Å². The number of rotatable bonds is 9. The zero-order chi connectivity index (χ0) is 23.3. The Kier molecular flexibility index (Phi) is 8.22. The lowest BCUT2D eigenvalue weighted by Gasteiger charge is -2.14. The lowest BCUT2D eigenvalue weighted by atomic mass is 10.2. The van der Waals surface area contributed by atoms with E-state index in [1.165, 1.54) is 6.07 Å². The summed E-state index contributed by atoms with van der Waals surface area (Å²) in [5, 5.41) is 3.38. The van der Waals surface area contributed by atoms with Crippen molar-refractivity contribution >= 4 is 40.2 Å². The SMILES string of the molecule is CC(C)OCCCNC(=O)CSc1nc2ccc(Cl)cc2c(=O)n1-c1ccc(F)cc1F. The molecule has 3 rings (SSSR count). The maximum Gasteiger partial charge on any atom is 0.266 e. The number of carbonyl (C=O) groups excluding carboxylic acids is 1. The van der Waals surface area contributed by atoms with Crippen LogP contribution in [-0.4, -0.2) is 40.5 Å². The monoisotopic (exact) mass is 481 g/mol. The number of hydrogen-bond acceptors (Lipinski definition) is 5. The molecule has 0 radical (unpaired) electrons. The quantitative estimate of drug-likeness (QED) is 0.279. The first-order chi connectivity index (χ1) is 15.3. The Labute approximate surface area is 192 Å². The maximum atomic E-state index is 14.5. The number of thioether (sulfide) groups is 1. The fraction of sp³-hybridized carbons (Fsp3) is 0.318. The Bertz CT molecular complexity index is 1190. The van der Waals surface area contributed by atoms with E-state index in [0.717, 1.165) is 28.5 Å². The summed E-state index contributed by atoms with van der Waals surface area (Å²) < 4.78 is 34.4. The Balaban J connectivity index is 1.86. The van der Waals surface area contributed by atoms with E-state index in [0.29, 0.717) is 36.2 Å². The van der Waals surface area contributed by atoms with Crippen LogP contribution in [0.1, 0.15) is 20.3 Å². The van der Waals surface area contributed by atoms with E-state index in [1.54, 1.807) is 12.1 Å². The van der Waals surface area contributed by atoms with Gasteiger partial charge in [0.15, 0.2) is 5.16 Å². The second kappa shape index (κ2) is 10.9. The highest BCUT2D eigenvalue weighted by atomic mass is 35.5. The van der Waals surface area contributed by atoms with Gasteiger partial charge in [-0.15, -0.1) is 0 Å². The van der Waals surface area contributed by atoms with Crippen LogP contribution in [0, 0.1) is 11.6 Å². The fourth-order valence-corrected chi connectivity index (χ4v) is 3.92. The van der Waals surface area contributed by atoms with Crippen molar-refractivity contribution in [1.82, 2.24) is 14.9 Å². The molecule has 0 spiro atoms. The third-order valence-electron chi connectivity index (χ3n) is 4.38. The first kappa shape index (κ1) is 24.2. The third-order valence-corrected chi connectivity index (χ3v) is 5.55. The largest absolute Gasteiger partial charge is 0.379 e. The van der Waals surface area contributed by atoms with Crippen LogP contribution in [0.4, 0.5) is 8.78 Å². The molecule has 10 heteroatoms. The summed E-state index contributed by atoms with van der Waals surface area (Å²) in [7, 11) is 0. The number of nitrogens with zero attached hydrogens (tertiary/aromatic N) is 2. The van der Waals surface area contributed by atoms with Crippen LogP contribution in [0.15, 0.2) is 46.3 Å². The number of benzene rings is 2. The van der Waals surface area contributed by atoms with Gasteiger partial charge < -0.3 is 10.1 Å². The summed E-state index contributed by atoms with van der Waals surface area (Å²) in [4.78, 5) is 29.8. The average molecular weight is 482 g/mol. The molecule has 1 heterocycles. The Hall–Kier alpha value is -2.49. The van der Waals surface area contributed by atoms with Gasteiger partial charge in [-0.2, -0.15) is 0 Å². The van der Waals surface area contributed by atoms with Gasteiger partial charge in [-0.25, -0.2) is 13.8 Å². The van der Waals surface area contributed by atoms with E-state index in [1.807, 2.05) is 13.8 Å². The first-order valence-corrected chi connectivity index (χ1v) is 11.3. The molecule has 0 fully saturated rings. The van der Waals surface area contributed by atoms with Crippen LogP contribution in [0.25, 0.3) is 16.6 Å². The molecule has 0 bridgehead atoms. The van der Waals surface area contributed by atoms with E-state index < -0.39 is 17.2 Å². The highest BCUT2D eigenvalue weighted by Crippen LogP contribution is 2.24. The summed E-state index contributed by atoms with van der Waals surface area (Å²) in [5.74, 6) is -2.01. The number of fused-ring (bicyclic) bond motifs is 1. The van der Waals surface area contributed by atoms with Crippen LogP contribution < -0.4 is 10.9 Å². The van der Waals surface area contributed by atoms with Crippen molar-refractivity contribution in [3.8, 4) is 5.69 Å². The lowest BCUT2D eigenvalue weighted by molar-refractivity contribution is -0.118. The zero-order valence-corrected chi connectivity index (χ0v) is 19.1. The predicted molar refractivity (Wildman–Crippen MR) is 122 cm³/mol. The molecule has 170 valence electrons. The van der Waals surface area contributed by atoms with Gasteiger partial charge in [-0.1, -0.05) is 23.4 Å². The van der Waals surface area contributed by atoms with Crippen molar-refractivity contribution in [2.75, 3.05) is 18.9 Å². The topological polar surface area (TPSA) is 73.2 Å². The van der Waals surface area contributed by atoms with E-state index in [4.69, 9.17) is 16.3 Å². The van der Waals surface area contributed by atoms with Gasteiger partial charge in [0, 0.05) is 24.2 Å². The van der Waals surface area contributed by atoms with Crippen molar-refractivity contribution < 1.29 is 18.3 Å². The number of ether oxygens (including phenoxy) is 1. The molecule has 6 nitrogen and oxygen atoms in total. The highest BCUT2D eigenvalue weighted by Gasteiger charge is 2.18. The summed E-state index contributed by atoms with van der Waals surface area (Å²) >= 11 is 6.99. The molecule has 32 heavy (non-hydrogen) atoms. The highest BCUT2D eigenvalue weighted by molar-refractivity contribution is 7.99. The van der Waals surface area contributed by atoms with E-state index in [9.17, 15) is 18.4 Å². The molecule has 0 aliphatic heterocycles. The minimum Gasteiger partial charge on any atom is -0.379 e. The number of aromatic nitrogens is 2. The average Bonchev–Trinajstić information content (AvgIpc) is 2.73. The molecular weight excluding hydrogens is 460 g/mol. The minimum absolute atomic E-state index is 0.0423. The molecule has 1 aromatic heterocycles. The molecule has 0 aliphatic carbocycles. The van der Waals surface area contributed by atoms with Gasteiger partial charge in [0.25, 0.3) is 5.56 Å². The Morgan fingerprint density at radius 1 is 1.25 bits per heavy atom. The Morgan fingerprint density at radius 3 is 2.75 bits per heavy atom. The van der Waals surface area contributed by atoms with Gasteiger partial charge >= 0.3 is 0 Å². The predicted octanol–water partition coefficient (Wildman–Crippen LogP) is 4.34. The molecule has 0 saturated carbocycles. The lowest BCUT2D eigenvalue weighted by Crippen LogP contribution is -2.28. The zero-order valence-electron chi connectivity index (χ0n) is 17.5. The number of halogens is 3. The summed E-state index contributed by atoms with van der Waals surface area (Å²) in [6, 6.07) is 7.48. The fourth-order valence-electron chi connectivity index (χ4n) is 2.91. The molecule has 1 amide bonds. The number of nitrogens with one attached hydrogen (secondary N) is 1. The molecule has 0 aliphatic rings. The number of amides is 1. The van der Waals surface area contributed by atoms with E-state index >= 15 is 0 Å². The minimum atomic E-state index is -0.924. The molecule has 0 atom stereocenters. The number of carbonyl (C=O) groups is 1. The van der Waals surface area contributed by atoms with Crippen LogP contribution in [0.2, 0.25) is 5.02 Å². The maximum absolute atomic E-state index is 14.5. The van der Waals surface area contributed by atoms with Crippen LogP contribution in [0.5, 0.6) is 0 Å². The molecule has 0 saturated heterocycles. The van der Waals surface area contributed by atoms with Gasteiger partial charge in [-0.05, 0) is 50.6 Å². The van der Waals surface area contributed by atoms with Crippen LogP contribution in [0.3, 0.4) is 0 Å². The molecule has 1 N–H and O–H groups in total. The molecule has 3 aromatic rings. The summed E-state index contributed by atoms with van der Waals surface area (Å²) in [5.41, 5.74) is -0.386. The van der Waals surface area contributed by atoms with Crippen molar-refractivity contribution in [3.05, 3.63) is 63.4 Å². The molecular formula is C22H22ClF2N3O3S. The van der Waals surface area contributed by atoms with Crippen molar-refractivity contribution in [3.63, 3.8) is 0 Å². The summed E-state index contributed by atoms with van der Waals surface area (Å²) in [6.07, 6.45) is 0.786. The normalized spacial score (nSPS) is 11.3.